The number of halogens is 1. The summed E-state index contributed by atoms with van der Waals surface area (Å²) in [4.78, 5) is 31.0. The van der Waals surface area contributed by atoms with Gasteiger partial charge in [-0.1, -0.05) is 0 Å². The number of imidazole rings is 1. The predicted molar refractivity (Wildman–Crippen MR) is 85.3 cm³/mol. The molecular formula is C11H19ClN5O3P. The van der Waals surface area contributed by atoms with Gasteiger partial charge in [-0.05, 0) is 0 Å². The molecule has 0 saturated carbocycles. The molecule has 0 saturated heterocycles. The molecule has 118 valence electrons. The van der Waals surface area contributed by atoms with E-state index in [1.54, 1.807) is 12.4 Å². The van der Waals surface area contributed by atoms with Crippen LogP contribution in [0.3, 0.4) is 0 Å². The average Bonchev–Trinajstić information content (AvgIpc) is 2.93. The molecule has 0 fully saturated rings. The van der Waals surface area contributed by atoms with E-state index in [4.69, 9.17) is 21.9 Å². The van der Waals surface area contributed by atoms with Crippen molar-refractivity contribution in [1.82, 2.24) is 19.5 Å². The Morgan fingerprint density at radius 2 is 2.24 bits per heavy atom. The van der Waals surface area contributed by atoms with Crippen molar-refractivity contribution in [2.75, 3.05) is 12.4 Å². The summed E-state index contributed by atoms with van der Waals surface area (Å²) in [5, 5.41) is 0.205. The second kappa shape index (κ2) is 5.15. The SMILES string of the molecule is C[PH](O)(O)O[C@@H]1C=C[C@H](n2cnc3c(Cl)nc(N)nc32)C1.[HH].[HH]. The van der Waals surface area contributed by atoms with Crippen molar-refractivity contribution in [1.29, 1.82) is 0 Å². The molecule has 3 rings (SSSR count). The van der Waals surface area contributed by atoms with Gasteiger partial charge in [-0.15, -0.1) is 0 Å². The van der Waals surface area contributed by atoms with Crippen LogP contribution in [0, 0.1) is 0 Å². The molecule has 0 radical (unpaired) electrons. The van der Waals surface area contributed by atoms with Crippen LogP contribution in [0.2, 0.25) is 5.15 Å². The Labute approximate surface area is 128 Å². The number of hydrogen-bond donors (Lipinski definition) is 3. The molecule has 0 unspecified atom stereocenters. The standard InChI is InChI=1S/C11H15ClN5O3P.2H2/c1-21(18,19)20-7-3-2-6(4-7)17-5-14-8-9(12)15-11(13)16-10(8)17;;/h2-3,5-7,18-19,21H,4H2,1H3,(H2,13,15,16);2*1H/t6-,7+;;/m0../s1. The third-order valence-corrected chi connectivity index (χ3v) is 4.16. The van der Waals surface area contributed by atoms with E-state index in [1.807, 2.05) is 10.6 Å². The summed E-state index contributed by atoms with van der Waals surface area (Å²) in [6.07, 6.45) is 5.50. The number of rotatable bonds is 3. The first-order chi connectivity index (χ1) is 9.83. The molecule has 2 atom stereocenters. The van der Waals surface area contributed by atoms with Gasteiger partial charge in [0.05, 0.1) is 0 Å². The second-order valence-corrected chi connectivity index (χ2v) is 7.44. The maximum atomic E-state index is 9.40. The van der Waals surface area contributed by atoms with Crippen molar-refractivity contribution in [3.63, 3.8) is 0 Å². The van der Waals surface area contributed by atoms with Gasteiger partial charge in [0.25, 0.3) is 0 Å². The van der Waals surface area contributed by atoms with Crippen LogP contribution in [0.25, 0.3) is 11.2 Å². The van der Waals surface area contributed by atoms with Crippen LogP contribution in [-0.2, 0) is 4.52 Å². The van der Waals surface area contributed by atoms with Gasteiger partial charge in [-0.3, -0.25) is 0 Å². The summed E-state index contributed by atoms with van der Waals surface area (Å²) in [5.41, 5.74) is 6.63. The van der Waals surface area contributed by atoms with Crippen molar-refractivity contribution < 1.29 is 17.2 Å². The number of hydrogen-bond acceptors (Lipinski definition) is 7. The maximum Gasteiger partial charge on any atom is 0 e. The zero-order valence-corrected chi connectivity index (χ0v) is 12.9. The van der Waals surface area contributed by atoms with Crippen LogP contribution >= 0.6 is 19.5 Å². The Kier molecular flexibility index (Phi) is 3.59. The summed E-state index contributed by atoms with van der Waals surface area (Å²) in [6, 6.07) is -0.0679. The molecule has 0 spiro atoms. The van der Waals surface area contributed by atoms with Crippen LogP contribution in [0.5, 0.6) is 0 Å². The summed E-state index contributed by atoms with van der Waals surface area (Å²) in [5.74, 6) is 0.0784. The monoisotopic (exact) mass is 335 g/mol. The number of allylic oxidation sites excluding steroid dienone is 1. The van der Waals surface area contributed by atoms with Gasteiger partial charge in [0.2, 0.25) is 0 Å². The normalized spacial score (nSPS) is 23.0. The third kappa shape index (κ3) is 3.00. The van der Waals surface area contributed by atoms with Gasteiger partial charge >= 0.3 is 125 Å². The van der Waals surface area contributed by atoms with E-state index in [-0.39, 0.29) is 26.1 Å². The Hall–Kier alpha value is -1.31. The van der Waals surface area contributed by atoms with E-state index in [1.165, 1.54) is 6.66 Å². The topological polar surface area (TPSA) is 119 Å². The van der Waals surface area contributed by atoms with Crippen LogP contribution < -0.4 is 5.73 Å². The van der Waals surface area contributed by atoms with Crippen LogP contribution in [0.15, 0.2) is 18.5 Å². The number of nitrogens with zero attached hydrogens (tertiary/aromatic N) is 4. The fourth-order valence-electron chi connectivity index (χ4n) is 2.37. The number of nitrogens with two attached hydrogens (primary N) is 1. The molecule has 2 aromatic rings. The van der Waals surface area contributed by atoms with Gasteiger partial charge in [0.1, 0.15) is 0 Å². The first-order valence-corrected chi connectivity index (χ1v) is 8.98. The van der Waals surface area contributed by atoms with Gasteiger partial charge in [-0.2, -0.15) is 0 Å². The predicted octanol–water partition coefficient (Wildman–Crippen LogP) is 1.55. The van der Waals surface area contributed by atoms with E-state index in [2.05, 4.69) is 15.0 Å². The minimum atomic E-state index is -3.55. The minimum absolute atomic E-state index is 0. The van der Waals surface area contributed by atoms with Gasteiger partial charge in [0.15, 0.2) is 0 Å². The number of aromatic nitrogens is 4. The van der Waals surface area contributed by atoms with E-state index in [9.17, 15) is 9.79 Å². The smallest absolute Gasteiger partial charge is 0 e. The fourth-order valence-corrected chi connectivity index (χ4v) is 3.34. The fraction of sp³-hybridized carbons (Fsp3) is 0.364. The molecule has 8 nitrogen and oxygen atoms in total. The first kappa shape index (κ1) is 14.6. The molecule has 0 bridgehead atoms. The molecule has 4 N–H and O–H groups in total. The molecular weight excluding hydrogens is 317 g/mol. The Morgan fingerprint density at radius 1 is 1.48 bits per heavy atom. The Balaban J connectivity index is 0.00000132. The molecule has 0 amide bonds. The Bertz CT molecular complexity index is 723. The van der Waals surface area contributed by atoms with Crippen LogP contribution in [0.1, 0.15) is 15.3 Å². The zero-order chi connectivity index (χ0) is 15.2. The number of nitrogen functional groups attached to an aromatic ring is 1. The van der Waals surface area contributed by atoms with Crippen molar-refractivity contribution in [3.05, 3.63) is 23.6 Å². The quantitative estimate of drug-likeness (QED) is 0.442. The first-order valence-electron chi connectivity index (χ1n) is 6.30. The van der Waals surface area contributed by atoms with Gasteiger partial charge in [0, 0.05) is 2.85 Å². The maximum absolute atomic E-state index is 9.40. The molecule has 21 heavy (non-hydrogen) atoms. The average molecular weight is 336 g/mol. The van der Waals surface area contributed by atoms with Crippen LogP contribution in [0.4, 0.5) is 5.95 Å². The van der Waals surface area contributed by atoms with Crippen molar-refractivity contribution in [2.24, 2.45) is 0 Å². The zero-order valence-electron chi connectivity index (χ0n) is 11.1. The molecule has 0 aromatic carbocycles. The van der Waals surface area contributed by atoms with E-state index < -0.39 is 7.94 Å². The second-order valence-electron chi connectivity index (χ2n) is 4.97. The molecule has 1 aliphatic rings. The number of anilines is 1. The summed E-state index contributed by atoms with van der Waals surface area (Å²) in [7, 11) is -3.55. The molecule has 0 aliphatic heterocycles. The van der Waals surface area contributed by atoms with Gasteiger partial charge in [-0.25, -0.2) is 0 Å². The summed E-state index contributed by atoms with van der Waals surface area (Å²) >= 11 is 5.99. The number of fused-ring (bicyclic) bond motifs is 1. The molecule has 10 heteroatoms. The molecule has 2 heterocycles. The van der Waals surface area contributed by atoms with Crippen molar-refractivity contribution >= 4 is 36.7 Å². The van der Waals surface area contributed by atoms with Crippen molar-refractivity contribution in [2.45, 2.75) is 18.6 Å². The van der Waals surface area contributed by atoms with E-state index >= 15 is 0 Å². The largest absolute Gasteiger partial charge is 0 e. The third-order valence-electron chi connectivity index (χ3n) is 3.15. The van der Waals surface area contributed by atoms with Crippen LogP contribution in [-0.4, -0.2) is 42.1 Å². The summed E-state index contributed by atoms with van der Waals surface area (Å²) in [6.45, 7) is 1.30. The van der Waals surface area contributed by atoms with Crippen molar-refractivity contribution in [3.8, 4) is 0 Å². The van der Waals surface area contributed by atoms with Gasteiger partial charge < -0.3 is 0 Å². The van der Waals surface area contributed by atoms with E-state index in [0.717, 1.165) is 0 Å². The minimum Gasteiger partial charge on any atom is 0 e. The molecule has 2 aromatic heterocycles. The Morgan fingerprint density at radius 3 is 2.95 bits per heavy atom. The summed E-state index contributed by atoms with van der Waals surface area (Å²) < 4.78 is 7.04. The van der Waals surface area contributed by atoms with E-state index in [0.29, 0.717) is 17.6 Å². The molecule has 1 aliphatic carbocycles.